The summed E-state index contributed by atoms with van der Waals surface area (Å²) in [6.07, 6.45) is 2.80. The molecule has 4 aromatic rings. The number of hydrogen-bond donors (Lipinski definition) is 1. The number of anilines is 1. The number of nitrogens with zero attached hydrogens (tertiary/aromatic N) is 4. The first-order valence-corrected chi connectivity index (χ1v) is 11.1. The molecule has 0 saturated heterocycles. The van der Waals surface area contributed by atoms with Gasteiger partial charge in [0, 0.05) is 41.6 Å². The number of nitrogens with one attached hydrogen (secondary N) is 1. The minimum absolute atomic E-state index is 0.0361. The van der Waals surface area contributed by atoms with Crippen molar-refractivity contribution in [1.82, 2.24) is 19.7 Å². The number of carbonyl (C=O) groups is 1. The number of ether oxygens (including phenoxy) is 1. The minimum atomic E-state index is -0.0930. The van der Waals surface area contributed by atoms with Crippen LogP contribution in [0.2, 0.25) is 0 Å². The Bertz CT molecular complexity index is 1270. The quantitative estimate of drug-likeness (QED) is 0.449. The molecular formula is C25H31N5O2. The number of pyridine rings is 1. The van der Waals surface area contributed by atoms with Gasteiger partial charge in [0.05, 0.1) is 5.39 Å². The van der Waals surface area contributed by atoms with Gasteiger partial charge in [0.25, 0.3) is 5.91 Å². The largest absolute Gasteiger partial charge is 0.466 e. The molecule has 0 fully saturated rings. The summed E-state index contributed by atoms with van der Waals surface area (Å²) < 4.78 is 7.69. The zero-order valence-electron chi connectivity index (χ0n) is 19.6. The SMILES string of the molecule is Cc1cc(C)c2c(OCC(=O)N(c3ccc4[nH]ccc4c3)C(C)CC(C)C)nn(C)c2n1. The molecule has 0 aliphatic heterocycles. The van der Waals surface area contributed by atoms with E-state index in [0.29, 0.717) is 11.8 Å². The summed E-state index contributed by atoms with van der Waals surface area (Å²) >= 11 is 0. The average Bonchev–Trinajstić information content (AvgIpc) is 3.30. The molecule has 0 aliphatic carbocycles. The van der Waals surface area contributed by atoms with Crippen molar-refractivity contribution in [3.8, 4) is 5.88 Å². The summed E-state index contributed by atoms with van der Waals surface area (Å²) in [7, 11) is 1.84. The zero-order valence-corrected chi connectivity index (χ0v) is 19.6. The first-order chi connectivity index (χ1) is 15.2. The Kier molecular flexibility index (Phi) is 5.91. The van der Waals surface area contributed by atoms with Crippen LogP contribution in [0.5, 0.6) is 5.88 Å². The molecule has 4 rings (SSSR count). The van der Waals surface area contributed by atoms with Crippen molar-refractivity contribution >= 4 is 33.5 Å². The van der Waals surface area contributed by atoms with E-state index in [1.807, 2.05) is 62.3 Å². The van der Waals surface area contributed by atoms with Crippen molar-refractivity contribution < 1.29 is 9.53 Å². The second-order valence-corrected chi connectivity index (χ2v) is 8.99. The van der Waals surface area contributed by atoms with Gasteiger partial charge in [-0.3, -0.25) is 4.79 Å². The van der Waals surface area contributed by atoms with E-state index in [2.05, 4.69) is 35.8 Å². The Morgan fingerprint density at radius 2 is 1.97 bits per heavy atom. The number of benzene rings is 1. The highest BCUT2D eigenvalue weighted by atomic mass is 16.5. The second kappa shape index (κ2) is 8.65. The first-order valence-electron chi connectivity index (χ1n) is 11.1. The summed E-state index contributed by atoms with van der Waals surface area (Å²) in [5.41, 5.74) is 4.64. The molecule has 1 aromatic carbocycles. The number of aromatic amines is 1. The Morgan fingerprint density at radius 3 is 2.72 bits per heavy atom. The number of amides is 1. The van der Waals surface area contributed by atoms with Crippen molar-refractivity contribution in [3.63, 3.8) is 0 Å². The zero-order chi connectivity index (χ0) is 23.0. The Balaban J connectivity index is 1.62. The smallest absolute Gasteiger partial charge is 0.265 e. The molecular weight excluding hydrogens is 402 g/mol. The van der Waals surface area contributed by atoms with Gasteiger partial charge in [0.1, 0.15) is 0 Å². The van der Waals surface area contributed by atoms with Crippen LogP contribution in [0, 0.1) is 19.8 Å². The molecule has 3 aromatic heterocycles. The fourth-order valence-electron chi connectivity index (χ4n) is 4.47. The van der Waals surface area contributed by atoms with Gasteiger partial charge < -0.3 is 14.6 Å². The number of H-pyrrole nitrogens is 1. The summed E-state index contributed by atoms with van der Waals surface area (Å²) in [4.78, 5) is 23.1. The maximum absolute atomic E-state index is 13.4. The van der Waals surface area contributed by atoms with Crippen molar-refractivity contribution in [2.45, 2.75) is 47.1 Å². The van der Waals surface area contributed by atoms with Crippen molar-refractivity contribution in [1.29, 1.82) is 0 Å². The maximum atomic E-state index is 13.4. The molecule has 1 unspecified atom stereocenters. The highest BCUT2D eigenvalue weighted by Gasteiger charge is 2.25. The standard InChI is InChI=1S/C25H31N5O2/c1-15(2)11-18(5)30(20-7-8-21-19(13-20)9-10-26-21)22(31)14-32-25-23-16(3)12-17(4)27-24(23)29(6)28-25/h7-10,12-13,15,18,26H,11,14H2,1-6H3. The number of rotatable bonds is 7. The number of hydrogen-bond acceptors (Lipinski definition) is 4. The number of fused-ring (bicyclic) bond motifs is 2. The van der Waals surface area contributed by atoms with Crippen LogP contribution < -0.4 is 9.64 Å². The second-order valence-electron chi connectivity index (χ2n) is 8.99. The third kappa shape index (κ3) is 4.20. The van der Waals surface area contributed by atoms with Crippen molar-refractivity contribution in [3.05, 3.63) is 47.8 Å². The van der Waals surface area contributed by atoms with E-state index in [9.17, 15) is 4.79 Å². The van der Waals surface area contributed by atoms with Gasteiger partial charge in [-0.05, 0) is 69.0 Å². The van der Waals surface area contributed by atoms with Crippen LogP contribution in [0.4, 0.5) is 5.69 Å². The van der Waals surface area contributed by atoms with Gasteiger partial charge in [0.2, 0.25) is 5.88 Å². The Morgan fingerprint density at radius 1 is 1.19 bits per heavy atom. The van der Waals surface area contributed by atoms with Crippen LogP contribution in [0.25, 0.3) is 21.9 Å². The lowest BCUT2D eigenvalue weighted by atomic mass is 10.0. The first kappa shape index (κ1) is 21.9. The van der Waals surface area contributed by atoms with E-state index < -0.39 is 0 Å². The number of aryl methyl sites for hydroxylation is 3. The predicted molar refractivity (Wildman–Crippen MR) is 128 cm³/mol. The average molecular weight is 434 g/mol. The molecule has 3 heterocycles. The van der Waals surface area contributed by atoms with Crippen molar-refractivity contribution in [2.75, 3.05) is 11.5 Å². The van der Waals surface area contributed by atoms with E-state index in [-0.39, 0.29) is 18.6 Å². The number of carbonyl (C=O) groups excluding carboxylic acids is 1. The molecule has 7 nitrogen and oxygen atoms in total. The summed E-state index contributed by atoms with van der Waals surface area (Å²) in [5.74, 6) is 0.817. The van der Waals surface area contributed by atoms with Gasteiger partial charge in [0.15, 0.2) is 12.3 Å². The lowest BCUT2D eigenvalue weighted by Gasteiger charge is -2.30. The Hall–Kier alpha value is -3.35. The van der Waals surface area contributed by atoms with Crippen LogP contribution in [-0.2, 0) is 11.8 Å². The van der Waals surface area contributed by atoms with E-state index in [1.165, 1.54) is 0 Å². The monoisotopic (exact) mass is 433 g/mol. The number of aromatic nitrogens is 4. The van der Waals surface area contributed by atoms with Crippen LogP contribution in [0.3, 0.4) is 0 Å². The van der Waals surface area contributed by atoms with Gasteiger partial charge in [-0.25, -0.2) is 9.67 Å². The fourth-order valence-corrected chi connectivity index (χ4v) is 4.47. The third-order valence-electron chi connectivity index (χ3n) is 5.76. The normalized spacial score (nSPS) is 12.6. The third-order valence-corrected chi connectivity index (χ3v) is 5.76. The van der Waals surface area contributed by atoms with E-state index in [4.69, 9.17) is 4.74 Å². The van der Waals surface area contributed by atoms with Gasteiger partial charge in [-0.1, -0.05) is 13.8 Å². The summed E-state index contributed by atoms with van der Waals surface area (Å²) in [5, 5.41) is 6.40. The molecule has 1 amide bonds. The lowest BCUT2D eigenvalue weighted by molar-refractivity contribution is -0.121. The molecule has 0 bridgehead atoms. The topological polar surface area (TPSA) is 76.0 Å². The summed E-state index contributed by atoms with van der Waals surface area (Å²) in [6.45, 7) is 10.3. The van der Waals surface area contributed by atoms with Crippen LogP contribution in [0.15, 0.2) is 36.5 Å². The van der Waals surface area contributed by atoms with Crippen molar-refractivity contribution in [2.24, 2.45) is 13.0 Å². The molecule has 0 spiro atoms. The van der Waals surface area contributed by atoms with Crippen LogP contribution >= 0.6 is 0 Å². The van der Waals surface area contributed by atoms with Crippen LogP contribution in [0.1, 0.15) is 38.4 Å². The van der Waals surface area contributed by atoms with Gasteiger partial charge in [-0.2, -0.15) is 0 Å². The molecule has 168 valence electrons. The minimum Gasteiger partial charge on any atom is -0.466 e. The van der Waals surface area contributed by atoms with E-state index in [0.717, 1.165) is 45.3 Å². The highest BCUT2D eigenvalue weighted by molar-refractivity contribution is 5.97. The van der Waals surface area contributed by atoms with Crippen LogP contribution in [-0.4, -0.2) is 38.3 Å². The molecule has 7 heteroatoms. The lowest BCUT2D eigenvalue weighted by Crippen LogP contribution is -2.42. The molecule has 1 atom stereocenters. The molecule has 0 aliphatic rings. The van der Waals surface area contributed by atoms with E-state index >= 15 is 0 Å². The molecule has 0 radical (unpaired) electrons. The molecule has 32 heavy (non-hydrogen) atoms. The van der Waals surface area contributed by atoms with Gasteiger partial charge >= 0.3 is 0 Å². The maximum Gasteiger partial charge on any atom is 0.265 e. The molecule has 0 saturated carbocycles. The highest BCUT2D eigenvalue weighted by Crippen LogP contribution is 2.28. The predicted octanol–water partition coefficient (Wildman–Crippen LogP) is 4.91. The Labute approximate surface area is 188 Å². The van der Waals surface area contributed by atoms with E-state index in [1.54, 1.807) is 4.68 Å². The van der Waals surface area contributed by atoms with Gasteiger partial charge in [-0.15, -0.1) is 5.10 Å². The summed E-state index contributed by atoms with van der Waals surface area (Å²) in [6, 6.07) is 10.1. The fraction of sp³-hybridized carbons (Fsp3) is 0.400. The molecule has 1 N–H and O–H groups in total.